The normalized spacial score (nSPS) is 25.1. The van der Waals surface area contributed by atoms with Gasteiger partial charge in [-0.2, -0.15) is 0 Å². The first-order valence-electron chi connectivity index (χ1n) is 7.31. The molecule has 0 unspecified atom stereocenters. The van der Waals surface area contributed by atoms with Crippen LogP contribution in [0.4, 0.5) is 0 Å². The van der Waals surface area contributed by atoms with Crippen molar-refractivity contribution in [3.8, 4) is 0 Å². The molecular formula is C13H23N5. The van der Waals surface area contributed by atoms with Crippen LogP contribution in [0.2, 0.25) is 0 Å². The SMILES string of the molecule is c1nnnn1CC1(C2CCCCC2)CCNCC1. The third-order valence-corrected chi connectivity index (χ3v) is 4.94. The van der Waals surface area contributed by atoms with Crippen LogP contribution in [0.5, 0.6) is 0 Å². The van der Waals surface area contributed by atoms with E-state index in [0.29, 0.717) is 5.41 Å². The van der Waals surface area contributed by atoms with Gasteiger partial charge in [-0.1, -0.05) is 19.3 Å². The maximum Gasteiger partial charge on any atom is 0.138 e. The summed E-state index contributed by atoms with van der Waals surface area (Å²) in [5, 5.41) is 15.1. The highest BCUT2D eigenvalue weighted by Crippen LogP contribution is 2.45. The largest absolute Gasteiger partial charge is 0.317 e. The van der Waals surface area contributed by atoms with Gasteiger partial charge in [0, 0.05) is 0 Å². The molecule has 1 aromatic heterocycles. The van der Waals surface area contributed by atoms with Crippen LogP contribution in [0.1, 0.15) is 44.9 Å². The highest BCUT2D eigenvalue weighted by atomic mass is 15.5. The van der Waals surface area contributed by atoms with Crippen molar-refractivity contribution in [2.75, 3.05) is 13.1 Å². The Morgan fingerprint density at radius 2 is 1.94 bits per heavy atom. The summed E-state index contributed by atoms with van der Waals surface area (Å²) in [4.78, 5) is 0. The molecule has 5 heteroatoms. The fourth-order valence-corrected chi connectivity index (χ4v) is 3.91. The van der Waals surface area contributed by atoms with Crippen molar-refractivity contribution in [1.29, 1.82) is 0 Å². The highest BCUT2D eigenvalue weighted by molar-refractivity contribution is 4.91. The quantitative estimate of drug-likeness (QED) is 0.884. The van der Waals surface area contributed by atoms with E-state index in [4.69, 9.17) is 0 Å². The second-order valence-corrected chi connectivity index (χ2v) is 5.95. The molecule has 1 aliphatic carbocycles. The summed E-state index contributed by atoms with van der Waals surface area (Å²) in [5.74, 6) is 0.873. The number of nitrogens with zero attached hydrogens (tertiary/aromatic N) is 4. The number of rotatable bonds is 3. The van der Waals surface area contributed by atoms with Crippen LogP contribution in [0, 0.1) is 11.3 Å². The van der Waals surface area contributed by atoms with Gasteiger partial charge in [0.05, 0.1) is 6.54 Å². The third kappa shape index (κ3) is 2.41. The molecule has 1 aliphatic heterocycles. The first-order valence-corrected chi connectivity index (χ1v) is 7.31. The fraction of sp³-hybridized carbons (Fsp3) is 0.923. The van der Waals surface area contributed by atoms with E-state index in [1.165, 1.54) is 44.9 Å². The second-order valence-electron chi connectivity index (χ2n) is 5.95. The average molecular weight is 249 g/mol. The molecule has 0 aromatic carbocycles. The predicted molar refractivity (Wildman–Crippen MR) is 68.9 cm³/mol. The van der Waals surface area contributed by atoms with Gasteiger partial charge in [-0.15, -0.1) is 5.10 Å². The molecule has 1 aromatic rings. The zero-order valence-corrected chi connectivity index (χ0v) is 11.0. The van der Waals surface area contributed by atoms with Crippen LogP contribution >= 0.6 is 0 Å². The monoisotopic (exact) mass is 249 g/mol. The van der Waals surface area contributed by atoms with Crippen LogP contribution in [0.3, 0.4) is 0 Å². The second kappa shape index (κ2) is 5.34. The Kier molecular flexibility index (Phi) is 3.59. The van der Waals surface area contributed by atoms with E-state index < -0.39 is 0 Å². The molecule has 0 amide bonds. The molecule has 1 saturated carbocycles. The molecule has 3 rings (SSSR count). The minimum Gasteiger partial charge on any atom is -0.317 e. The van der Waals surface area contributed by atoms with Crippen molar-refractivity contribution in [2.45, 2.75) is 51.5 Å². The van der Waals surface area contributed by atoms with E-state index in [0.717, 1.165) is 25.6 Å². The lowest BCUT2D eigenvalue weighted by Crippen LogP contribution is -2.45. The van der Waals surface area contributed by atoms with E-state index >= 15 is 0 Å². The van der Waals surface area contributed by atoms with Gasteiger partial charge >= 0.3 is 0 Å². The molecule has 5 nitrogen and oxygen atoms in total. The molecule has 2 aliphatic rings. The first kappa shape index (κ1) is 12.1. The van der Waals surface area contributed by atoms with Gasteiger partial charge in [0.15, 0.2) is 0 Å². The maximum absolute atomic E-state index is 4.09. The van der Waals surface area contributed by atoms with Gasteiger partial charge in [-0.25, -0.2) is 4.68 Å². The van der Waals surface area contributed by atoms with Crippen molar-refractivity contribution in [1.82, 2.24) is 25.5 Å². The summed E-state index contributed by atoms with van der Waals surface area (Å²) in [6.45, 7) is 3.31. The van der Waals surface area contributed by atoms with E-state index in [-0.39, 0.29) is 0 Å². The van der Waals surface area contributed by atoms with E-state index in [1.807, 2.05) is 4.68 Å². The van der Waals surface area contributed by atoms with Gasteiger partial charge in [0.25, 0.3) is 0 Å². The van der Waals surface area contributed by atoms with Crippen molar-refractivity contribution >= 4 is 0 Å². The highest BCUT2D eigenvalue weighted by Gasteiger charge is 2.40. The zero-order chi connectivity index (χ0) is 12.3. The number of piperidine rings is 1. The lowest BCUT2D eigenvalue weighted by atomic mass is 9.64. The van der Waals surface area contributed by atoms with Crippen LogP contribution in [-0.2, 0) is 6.54 Å². The Morgan fingerprint density at radius 1 is 1.17 bits per heavy atom. The fourth-order valence-electron chi connectivity index (χ4n) is 3.91. The Hall–Kier alpha value is -0.970. The van der Waals surface area contributed by atoms with Gasteiger partial charge in [-0.3, -0.25) is 0 Å². The Morgan fingerprint density at radius 3 is 2.61 bits per heavy atom. The number of nitrogens with one attached hydrogen (secondary N) is 1. The summed E-state index contributed by atoms with van der Waals surface area (Å²) >= 11 is 0. The molecular weight excluding hydrogens is 226 g/mol. The number of tetrazole rings is 1. The first-order chi connectivity index (χ1) is 8.89. The topological polar surface area (TPSA) is 55.6 Å². The molecule has 1 N–H and O–H groups in total. The third-order valence-electron chi connectivity index (χ3n) is 4.94. The maximum atomic E-state index is 4.09. The molecule has 2 fully saturated rings. The van der Waals surface area contributed by atoms with Crippen LogP contribution < -0.4 is 5.32 Å². The van der Waals surface area contributed by atoms with E-state index in [9.17, 15) is 0 Å². The van der Waals surface area contributed by atoms with E-state index in [2.05, 4.69) is 20.8 Å². The lowest BCUT2D eigenvalue weighted by molar-refractivity contribution is 0.0509. The molecule has 2 heterocycles. The van der Waals surface area contributed by atoms with Crippen LogP contribution in [0.25, 0.3) is 0 Å². The molecule has 0 radical (unpaired) electrons. The standard InChI is InChI=1S/C13H23N5/c1-2-4-12(5-3-1)13(6-8-14-9-7-13)10-18-11-15-16-17-18/h11-12,14H,1-10H2. The van der Waals surface area contributed by atoms with Crippen molar-refractivity contribution in [2.24, 2.45) is 11.3 Å². The molecule has 18 heavy (non-hydrogen) atoms. The smallest absolute Gasteiger partial charge is 0.138 e. The Labute approximate surface area is 108 Å². The number of hydrogen-bond acceptors (Lipinski definition) is 4. The molecule has 0 bridgehead atoms. The minimum absolute atomic E-state index is 0.432. The van der Waals surface area contributed by atoms with Crippen molar-refractivity contribution in [3.63, 3.8) is 0 Å². The summed E-state index contributed by atoms with van der Waals surface area (Å²) in [7, 11) is 0. The molecule has 1 saturated heterocycles. The summed E-state index contributed by atoms with van der Waals surface area (Å²) < 4.78 is 1.94. The summed E-state index contributed by atoms with van der Waals surface area (Å²) in [6, 6.07) is 0. The van der Waals surface area contributed by atoms with Crippen molar-refractivity contribution < 1.29 is 0 Å². The summed E-state index contributed by atoms with van der Waals surface area (Å²) in [6.07, 6.45) is 11.4. The predicted octanol–water partition coefficient (Wildman–Crippen LogP) is 1.62. The van der Waals surface area contributed by atoms with Gasteiger partial charge in [-0.05, 0) is 60.5 Å². The van der Waals surface area contributed by atoms with Gasteiger partial charge in [0.1, 0.15) is 6.33 Å². The lowest BCUT2D eigenvalue weighted by Gasteiger charge is -2.45. The van der Waals surface area contributed by atoms with Crippen molar-refractivity contribution in [3.05, 3.63) is 6.33 Å². The number of aromatic nitrogens is 4. The van der Waals surface area contributed by atoms with E-state index in [1.54, 1.807) is 6.33 Å². The van der Waals surface area contributed by atoms with Crippen LogP contribution in [-0.4, -0.2) is 33.3 Å². The van der Waals surface area contributed by atoms with Crippen LogP contribution in [0.15, 0.2) is 6.33 Å². The average Bonchev–Trinajstić information content (AvgIpc) is 2.94. The molecule has 100 valence electrons. The van der Waals surface area contributed by atoms with Gasteiger partial charge < -0.3 is 5.32 Å². The molecule has 0 spiro atoms. The van der Waals surface area contributed by atoms with Gasteiger partial charge in [0.2, 0.25) is 0 Å². The number of hydrogen-bond donors (Lipinski definition) is 1. The Balaban J connectivity index is 1.78. The molecule has 0 atom stereocenters. The minimum atomic E-state index is 0.432. The Bertz CT molecular complexity index is 349. The summed E-state index contributed by atoms with van der Waals surface area (Å²) in [5.41, 5.74) is 0.432. The zero-order valence-electron chi connectivity index (χ0n) is 11.0.